The van der Waals surface area contributed by atoms with Gasteiger partial charge in [0.15, 0.2) is 5.82 Å². The summed E-state index contributed by atoms with van der Waals surface area (Å²) in [5.41, 5.74) is 0. The van der Waals surface area contributed by atoms with Crippen molar-refractivity contribution in [1.82, 2.24) is 10.1 Å². The van der Waals surface area contributed by atoms with Crippen molar-refractivity contribution < 1.29 is 14.1 Å². The molecule has 5 nitrogen and oxygen atoms in total. The molecule has 0 radical (unpaired) electrons. The molecule has 0 aliphatic heterocycles. The van der Waals surface area contributed by atoms with Crippen LogP contribution in [0.25, 0.3) is 0 Å². The van der Waals surface area contributed by atoms with Gasteiger partial charge in [0.25, 0.3) is 0 Å². The largest absolute Gasteiger partial charge is 0.466 e. The van der Waals surface area contributed by atoms with Gasteiger partial charge in [-0.2, -0.15) is 4.98 Å². The van der Waals surface area contributed by atoms with Crippen LogP contribution in [-0.2, 0) is 16.0 Å². The van der Waals surface area contributed by atoms with Gasteiger partial charge in [0, 0.05) is 5.92 Å². The number of hydrogen-bond acceptors (Lipinski definition) is 5. The van der Waals surface area contributed by atoms with Gasteiger partial charge in [-0.15, -0.1) is 0 Å². The molecule has 0 spiro atoms. The summed E-state index contributed by atoms with van der Waals surface area (Å²) in [4.78, 5) is 15.5. The summed E-state index contributed by atoms with van der Waals surface area (Å²) >= 11 is 0. The van der Waals surface area contributed by atoms with E-state index < -0.39 is 0 Å². The van der Waals surface area contributed by atoms with Crippen molar-refractivity contribution in [2.45, 2.75) is 45.4 Å². The van der Waals surface area contributed by atoms with E-state index in [1.54, 1.807) is 6.92 Å². The maximum Gasteiger partial charge on any atom is 0.315 e. The van der Waals surface area contributed by atoms with Gasteiger partial charge in [-0.25, -0.2) is 0 Å². The number of esters is 1. The third kappa shape index (κ3) is 3.05. The Labute approximate surface area is 101 Å². The fourth-order valence-corrected chi connectivity index (χ4v) is 2.28. The molecule has 5 heteroatoms. The van der Waals surface area contributed by atoms with Crippen molar-refractivity contribution in [1.29, 1.82) is 0 Å². The lowest BCUT2D eigenvalue weighted by molar-refractivity contribution is -0.142. The average Bonchev–Trinajstić information content (AvgIpc) is 2.87. The first-order valence-corrected chi connectivity index (χ1v) is 6.17. The van der Waals surface area contributed by atoms with Crippen molar-refractivity contribution in [3.05, 3.63) is 11.7 Å². The van der Waals surface area contributed by atoms with E-state index in [-0.39, 0.29) is 12.4 Å². The maximum atomic E-state index is 11.2. The third-order valence-corrected chi connectivity index (χ3v) is 3.14. The third-order valence-electron chi connectivity index (χ3n) is 3.14. The molecular weight excluding hydrogens is 220 g/mol. The van der Waals surface area contributed by atoms with Crippen LogP contribution in [0.1, 0.15) is 50.7 Å². The van der Waals surface area contributed by atoms with E-state index >= 15 is 0 Å². The highest BCUT2D eigenvalue weighted by atomic mass is 16.5. The molecule has 1 saturated carbocycles. The maximum absolute atomic E-state index is 11.2. The summed E-state index contributed by atoms with van der Waals surface area (Å²) in [5, 5.41) is 3.95. The topological polar surface area (TPSA) is 65.2 Å². The Bertz CT molecular complexity index is 389. The molecule has 17 heavy (non-hydrogen) atoms. The molecule has 0 amide bonds. The number of carbonyl (C=O) groups excluding carboxylic acids is 1. The number of aromatic nitrogens is 2. The first-order valence-electron chi connectivity index (χ1n) is 6.17. The van der Waals surface area contributed by atoms with Crippen molar-refractivity contribution in [2.75, 3.05) is 6.61 Å². The molecule has 0 N–H and O–H groups in total. The van der Waals surface area contributed by atoms with Gasteiger partial charge < -0.3 is 9.26 Å². The second-order valence-electron chi connectivity index (χ2n) is 4.64. The van der Waals surface area contributed by atoms with E-state index in [9.17, 15) is 4.79 Å². The lowest BCUT2D eigenvalue weighted by atomic mass is 10.1. The molecule has 1 aliphatic carbocycles. The molecular formula is C12H18N2O3. The lowest BCUT2D eigenvalue weighted by Gasteiger charge is -2.01. The Morgan fingerprint density at radius 2 is 2.35 bits per heavy atom. The van der Waals surface area contributed by atoms with Gasteiger partial charge in [-0.3, -0.25) is 4.79 Å². The monoisotopic (exact) mass is 238 g/mol. The normalized spacial score (nSPS) is 23.9. The molecule has 1 aromatic heterocycles. The van der Waals surface area contributed by atoms with Crippen molar-refractivity contribution in [3.63, 3.8) is 0 Å². The Balaban J connectivity index is 1.94. The van der Waals surface area contributed by atoms with Crippen LogP contribution in [0.5, 0.6) is 0 Å². The molecule has 0 bridgehead atoms. The van der Waals surface area contributed by atoms with Crippen LogP contribution >= 0.6 is 0 Å². The summed E-state index contributed by atoms with van der Waals surface area (Å²) < 4.78 is 9.90. The molecule has 2 unspecified atom stereocenters. The molecule has 2 rings (SSSR count). The molecule has 0 saturated heterocycles. The van der Waals surface area contributed by atoms with Crippen LogP contribution in [0.3, 0.4) is 0 Å². The molecule has 94 valence electrons. The smallest absolute Gasteiger partial charge is 0.315 e. The predicted molar refractivity (Wildman–Crippen MR) is 60.4 cm³/mol. The summed E-state index contributed by atoms with van der Waals surface area (Å²) in [6.45, 7) is 4.39. The van der Waals surface area contributed by atoms with Gasteiger partial charge in [-0.05, 0) is 32.1 Å². The summed E-state index contributed by atoms with van der Waals surface area (Å²) in [6.07, 6.45) is 3.51. The Morgan fingerprint density at radius 1 is 1.53 bits per heavy atom. The van der Waals surface area contributed by atoms with Crippen LogP contribution in [0.4, 0.5) is 0 Å². The van der Waals surface area contributed by atoms with Crippen LogP contribution in [-0.4, -0.2) is 22.7 Å². The zero-order valence-electron chi connectivity index (χ0n) is 10.3. The van der Waals surface area contributed by atoms with Crippen LogP contribution < -0.4 is 0 Å². The highest BCUT2D eigenvalue weighted by Gasteiger charge is 2.27. The predicted octanol–water partition coefficient (Wildman–Crippen LogP) is 2.08. The summed E-state index contributed by atoms with van der Waals surface area (Å²) in [6, 6.07) is 0. The molecule has 2 atom stereocenters. The summed E-state index contributed by atoms with van der Waals surface area (Å²) in [5.74, 6) is 1.91. The van der Waals surface area contributed by atoms with E-state index in [2.05, 4.69) is 17.1 Å². The second kappa shape index (κ2) is 5.29. The first-order chi connectivity index (χ1) is 8.19. The average molecular weight is 238 g/mol. The molecule has 1 fully saturated rings. The van der Waals surface area contributed by atoms with E-state index in [1.165, 1.54) is 6.42 Å². The van der Waals surface area contributed by atoms with Crippen molar-refractivity contribution in [2.24, 2.45) is 5.92 Å². The highest BCUT2D eigenvalue weighted by molar-refractivity contribution is 5.71. The zero-order chi connectivity index (χ0) is 12.3. The number of carbonyl (C=O) groups is 1. The fraction of sp³-hybridized carbons (Fsp3) is 0.750. The number of nitrogens with zero attached hydrogens (tertiary/aromatic N) is 2. The van der Waals surface area contributed by atoms with Crippen LogP contribution in [0.2, 0.25) is 0 Å². The van der Waals surface area contributed by atoms with Crippen LogP contribution in [0.15, 0.2) is 4.52 Å². The summed E-state index contributed by atoms with van der Waals surface area (Å²) in [7, 11) is 0. The fourth-order valence-electron chi connectivity index (χ4n) is 2.28. The standard InChI is InChI=1S/C12H18N2O3/c1-3-16-11(15)7-10-13-12(14-17-10)9-5-4-8(2)6-9/h8-9H,3-7H2,1-2H3. The first kappa shape index (κ1) is 12.1. The van der Waals surface area contributed by atoms with Gasteiger partial charge in [0.1, 0.15) is 6.42 Å². The van der Waals surface area contributed by atoms with Gasteiger partial charge in [-0.1, -0.05) is 12.1 Å². The van der Waals surface area contributed by atoms with E-state index in [0.717, 1.165) is 24.6 Å². The van der Waals surface area contributed by atoms with Crippen molar-refractivity contribution in [3.8, 4) is 0 Å². The van der Waals surface area contributed by atoms with E-state index in [1.807, 2.05) is 0 Å². The number of hydrogen-bond donors (Lipinski definition) is 0. The highest BCUT2D eigenvalue weighted by Crippen LogP contribution is 2.36. The van der Waals surface area contributed by atoms with Crippen LogP contribution in [0, 0.1) is 5.92 Å². The number of rotatable bonds is 4. The molecule has 1 heterocycles. The minimum atomic E-state index is -0.317. The Hall–Kier alpha value is -1.39. The Kier molecular flexibility index (Phi) is 3.76. The SMILES string of the molecule is CCOC(=O)Cc1nc(C2CCC(C)C2)no1. The lowest BCUT2D eigenvalue weighted by Crippen LogP contribution is -2.07. The quantitative estimate of drug-likeness (QED) is 0.751. The minimum Gasteiger partial charge on any atom is -0.466 e. The van der Waals surface area contributed by atoms with Gasteiger partial charge in [0.2, 0.25) is 5.89 Å². The van der Waals surface area contributed by atoms with Gasteiger partial charge in [0.05, 0.1) is 6.61 Å². The zero-order valence-corrected chi connectivity index (χ0v) is 10.3. The molecule has 1 aliphatic rings. The Morgan fingerprint density at radius 3 is 3.00 bits per heavy atom. The van der Waals surface area contributed by atoms with E-state index in [0.29, 0.717) is 18.4 Å². The minimum absolute atomic E-state index is 0.0725. The number of ether oxygens (including phenoxy) is 1. The van der Waals surface area contributed by atoms with Gasteiger partial charge >= 0.3 is 5.97 Å². The second-order valence-corrected chi connectivity index (χ2v) is 4.64. The molecule has 0 aromatic carbocycles. The van der Waals surface area contributed by atoms with E-state index in [4.69, 9.17) is 9.26 Å². The van der Waals surface area contributed by atoms with Crippen molar-refractivity contribution >= 4 is 5.97 Å². The molecule has 1 aromatic rings.